The van der Waals surface area contributed by atoms with Crippen LogP contribution in [0, 0.1) is 17.8 Å². The minimum atomic E-state index is 0.800. The average Bonchev–Trinajstić information content (AvgIpc) is 3.14. The van der Waals surface area contributed by atoms with Crippen LogP contribution < -0.4 is 0 Å². The van der Waals surface area contributed by atoms with Gasteiger partial charge in [-0.15, -0.1) is 0 Å². The Morgan fingerprint density at radius 1 is 0.667 bits per heavy atom. The van der Waals surface area contributed by atoms with Gasteiger partial charge in [0.1, 0.15) is 0 Å². The summed E-state index contributed by atoms with van der Waals surface area (Å²) in [4.78, 5) is 0. The van der Waals surface area contributed by atoms with E-state index >= 15 is 0 Å². The van der Waals surface area contributed by atoms with Gasteiger partial charge in [0.25, 0.3) is 0 Å². The van der Waals surface area contributed by atoms with Crippen LogP contribution in [-0.4, -0.2) is 0 Å². The van der Waals surface area contributed by atoms with Crippen molar-refractivity contribution in [1.29, 1.82) is 0 Å². The topological polar surface area (TPSA) is 0 Å². The molecule has 0 heterocycles. The fourth-order valence-electron chi connectivity index (χ4n) is 4.58. The molecule has 0 nitrogen and oxygen atoms in total. The third kappa shape index (κ3) is 5.71. The first-order valence-corrected chi connectivity index (χ1v) is 11.2. The standard InChI is InChI=1S/C13H18.C12H16.C2H6/c1-10(2)12-8-7-11-5-3-4-6-13(11)9-12;1-9(2)11-8-7-10-5-3-4-6-12(10)11;1-2/h3-6,10,12H,7-9H2,1-2H3;3-6,9,11H,7-8H2,1-2H3;1-2H3. The first kappa shape index (κ1) is 21.7. The molecule has 148 valence electrons. The molecule has 2 aromatic rings. The Balaban J connectivity index is 0.000000178. The smallest absolute Gasteiger partial charge is 0.0133 e. The van der Waals surface area contributed by atoms with Crippen LogP contribution in [0.1, 0.15) is 82.6 Å². The molecule has 0 saturated carbocycles. The van der Waals surface area contributed by atoms with Crippen molar-refractivity contribution in [3.63, 3.8) is 0 Å². The molecule has 0 heteroatoms. The average molecular weight is 365 g/mol. The molecule has 0 spiro atoms. The molecule has 0 radical (unpaired) electrons. The second kappa shape index (κ2) is 10.7. The Morgan fingerprint density at radius 2 is 1.22 bits per heavy atom. The molecule has 0 saturated heterocycles. The van der Waals surface area contributed by atoms with Crippen LogP contribution in [0.2, 0.25) is 0 Å². The number of rotatable bonds is 2. The molecule has 0 amide bonds. The van der Waals surface area contributed by atoms with Gasteiger partial charge in [0.05, 0.1) is 0 Å². The van der Waals surface area contributed by atoms with Gasteiger partial charge in [-0.25, -0.2) is 0 Å². The Hall–Kier alpha value is -1.56. The molecule has 2 aromatic carbocycles. The van der Waals surface area contributed by atoms with Crippen molar-refractivity contribution in [3.8, 4) is 0 Å². The van der Waals surface area contributed by atoms with Crippen molar-refractivity contribution >= 4 is 0 Å². The van der Waals surface area contributed by atoms with Crippen LogP contribution in [0.3, 0.4) is 0 Å². The van der Waals surface area contributed by atoms with Gasteiger partial charge < -0.3 is 0 Å². The lowest BCUT2D eigenvalue weighted by atomic mass is 9.78. The zero-order valence-electron chi connectivity index (χ0n) is 18.5. The molecular weight excluding hydrogens is 324 g/mol. The molecule has 0 bridgehead atoms. The monoisotopic (exact) mass is 364 g/mol. The fraction of sp³-hybridized carbons (Fsp3) is 0.556. The summed E-state index contributed by atoms with van der Waals surface area (Å²) < 4.78 is 0. The molecule has 0 fully saturated rings. The summed E-state index contributed by atoms with van der Waals surface area (Å²) in [6.07, 6.45) is 6.62. The van der Waals surface area contributed by atoms with E-state index in [1.165, 1.54) is 32.1 Å². The van der Waals surface area contributed by atoms with Crippen molar-refractivity contribution in [3.05, 3.63) is 70.8 Å². The molecule has 27 heavy (non-hydrogen) atoms. The highest BCUT2D eigenvalue weighted by Crippen LogP contribution is 2.37. The lowest BCUT2D eigenvalue weighted by Crippen LogP contribution is -2.18. The normalized spacial score (nSPS) is 20.1. The van der Waals surface area contributed by atoms with E-state index in [0.29, 0.717) is 0 Å². The Morgan fingerprint density at radius 3 is 1.85 bits per heavy atom. The molecule has 4 rings (SSSR count). The van der Waals surface area contributed by atoms with Crippen LogP contribution in [-0.2, 0) is 19.3 Å². The minimum absolute atomic E-state index is 0.800. The van der Waals surface area contributed by atoms with E-state index in [1.54, 1.807) is 22.3 Å². The highest BCUT2D eigenvalue weighted by atomic mass is 14.3. The second-order valence-electron chi connectivity index (χ2n) is 8.60. The Labute approximate surface area is 168 Å². The molecule has 2 aliphatic carbocycles. The van der Waals surface area contributed by atoms with Crippen molar-refractivity contribution in [1.82, 2.24) is 0 Å². The zero-order valence-corrected chi connectivity index (χ0v) is 18.5. The van der Waals surface area contributed by atoms with E-state index in [9.17, 15) is 0 Å². The van der Waals surface area contributed by atoms with Gasteiger partial charge in [-0.05, 0) is 78.0 Å². The van der Waals surface area contributed by atoms with E-state index in [4.69, 9.17) is 0 Å². The van der Waals surface area contributed by atoms with Gasteiger partial charge >= 0.3 is 0 Å². The predicted octanol–water partition coefficient (Wildman–Crippen LogP) is 7.85. The first-order valence-electron chi connectivity index (χ1n) is 11.2. The van der Waals surface area contributed by atoms with Gasteiger partial charge in [-0.3, -0.25) is 0 Å². The summed E-state index contributed by atoms with van der Waals surface area (Å²) >= 11 is 0. The summed E-state index contributed by atoms with van der Waals surface area (Å²) in [6.45, 7) is 13.3. The van der Waals surface area contributed by atoms with E-state index < -0.39 is 0 Å². The van der Waals surface area contributed by atoms with Gasteiger partial charge in [0.2, 0.25) is 0 Å². The maximum Gasteiger partial charge on any atom is -0.0133 e. The zero-order chi connectivity index (χ0) is 19.8. The van der Waals surface area contributed by atoms with Crippen LogP contribution in [0.15, 0.2) is 48.5 Å². The molecule has 0 N–H and O–H groups in total. The molecule has 0 aliphatic heterocycles. The maximum atomic E-state index is 2.35. The lowest BCUT2D eigenvalue weighted by Gasteiger charge is -2.27. The van der Waals surface area contributed by atoms with Crippen molar-refractivity contribution < 1.29 is 0 Å². The number of hydrogen-bond donors (Lipinski definition) is 0. The van der Waals surface area contributed by atoms with Crippen LogP contribution in [0.4, 0.5) is 0 Å². The number of hydrogen-bond acceptors (Lipinski definition) is 0. The first-order chi connectivity index (χ1) is 13.1. The third-order valence-corrected chi connectivity index (χ3v) is 6.31. The van der Waals surface area contributed by atoms with E-state index in [2.05, 4.69) is 76.2 Å². The van der Waals surface area contributed by atoms with Crippen molar-refractivity contribution in [2.45, 2.75) is 79.6 Å². The summed E-state index contributed by atoms with van der Waals surface area (Å²) in [5.74, 6) is 3.37. The van der Waals surface area contributed by atoms with Gasteiger partial charge in [0, 0.05) is 0 Å². The van der Waals surface area contributed by atoms with Gasteiger partial charge in [-0.2, -0.15) is 0 Å². The van der Waals surface area contributed by atoms with Crippen molar-refractivity contribution in [2.24, 2.45) is 17.8 Å². The summed E-state index contributed by atoms with van der Waals surface area (Å²) in [5, 5.41) is 0. The Kier molecular flexibility index (Phi) is 8.61. The van der Waals surface area contributed by atoms with Crippen LogP contribution in [0.25, 0.3) is 0 Å². The fourth-order valence-corrected chi connectivity index (χ4v) is 4.58. The van der Waals surface area contributed by atoms with E-state index in [-0.39, 0.29) is 0 Å². The van der Waals surface area contributed by atoms with Gasteiger partial charge in [0.15, 0.2) is 0 Å². The lowest BCUT2D eigenvalue weighted by molar-refractivity contribution is 0.343. The van der Waals surface area contributed by atoms with Gasteiger partial charge in [-0.1, -0.05) is 90.1 Å². The molecule has 0 aromatic heterocycles. The van der Waals surface area contributed by atoms with E-state index in [1.807, 2.05) is 13.8 Å². The number of fused-ring (bicyclic) bond motifs is 2. The number of benzene rings is 2. The third-order valence-electron chi connectivity index (χ3n) is 6.31. The van der Waals surface area contributed by atoms with Crippen molar-refractivity contribution in [2.75, 3.05) is 0 Å². The van der Waals surface area contributed by atoms with E-state index in [0.717, 1.165) is 23.7 Å². The summed E-state index contributed by atoms with van der Waals surface area (Å²) in [5.41, 5.74) is 6.36. The maximum absolute atomic E-state index is 2.35. The highest BCUT2D eigenvalue weighted by molar-refractivity contribution is 5.35. The minimum Gasteiger partial charge on any atom is -0.0683 e. The predicted molar refractivity (Wildman–Crippen MR) is 120 cm³/mol. The molecule has 2 unspecified atom stereocenters. The molecule has 2 aliphatic rings. The largest absolute Gasteiger partial charge is 0.0683 e. The SMILES string of the molecule is CC.CC(C)C1CCc2ccccc21.CC(C)C1CCc2ccccc2C1. The summed E-state index contributed by atoms with van der Waals surface area (Å²) in [6, 6.07) is 17.8. The molecule has 2 atom stereocenters. The van der Waals surface area contributed by atoms with Crippen LogP contribution >= 0.6 is 0 Å². The second-order valence-corrected chi connectivity index (χ2v) is 8.60. The summed E-state index contributed by atoms with van der Waals surface area (Å²) in [7, 11) is 0. The Bertz CT molecular complexity index is 680. The highest BCUT2D eigenvalue weighted by Gasteiger charge is 2.24. The quantitative estimate of drug-likeness (QED) is 0.509. The van der Waals surface area contributed by atoms with Crippen LogP contribution in [0.5, 0.6) is 0 Å². The number of aryl methyl sites for hydroxylation is 2. The molecular formula is C27H40.